The first-order valence-electron chi connectivity index (χ1n) is 17.0. The fraction of sp³-hybridized carbons (Fsp3) is 0.351. The molecule has 0 aromatic heterocycles. The van der Waals surface area contributed by atoms with Gasteiger partial charge in [0, 0.05) is 57.6 Å². The summed E-state index contributed by atoms with van der Waals surface area (Å²) in [4.78, 5) is 50.1. The number of nitrogens with one attached hydrogen (secondary N) is 2. The van der Waals surface area contributed by atoms with E-state index < -0.39 is 41.8 Å². The number of carbonyl (C=O) groups is 3. The molecule has 14 nitrogen and oxygen atoms in total. The Morgan fingerprint density at radius 3 is 2.36 bits per heavy atom. The lowest BCUT2D eigenvalue weighted by Crippen LogP contribution is -2.51. The third-order valence-corrected chi connectivity index (χ3v) is 8.89. The van der Waals surface area contributed by atoms with Crippen LogP contribution in [0.25, 0.3) is 0 Å². The molecule has 2 aliphatic heterocycles. The zero-order valence-corrected chi connectivity index (χ0v) is 31.6. The molecular weight excluding hydrogens is 743 g/mol. The molecule has 2 aromatic carbocycles. The molecule has 2 heterocycles. The highest BCUT2D eigenvalue weighted by atomic mass is 35.5. The largest absolute Gasteiger partial charge is 0.505 e. The van der Waals surface area contributed by atoms with E-state index in [4.69, 9.17) is 22.1 Å². The number of halogens is 4. The second kappa shape index (κ2) is 20.0. The number of fused-ring (bicyclic) bond motifs is 1. The smallest absolute Gasteiger partial charge is 0.416 e. The van der Waals surface area contributed by atoms with Gasteiger partial charge in [0.1, 0.15) is 23.8 Å². The van der Waals surface area contributed by atoms with Crippen molar-refractivity contribution in [3.8, 4) is 5.75 Å². The molecule has 2 aromatic rings. The van der Waals surface area contributed by atoms with E-state index in [1.54, 1.807) is 11.9 Å². The van der Waals surface area contributed by atoms with E-state index in [-0.39, 0.29) is 53.9 Å². The van der Waals surface area contributed by atoms with Gasteiger partial charge in [0.25, 0.3) is 11.8 Å². The van der Waals surface area contributed by atoms with Crippen LogP contribution in [0.1, 0.15) is 37.0 Å². The minimum atomic E-state index is -4.61. The van der Waals surface area contributed by atoms with E-state index >= 15 is 0 Å². The van der Waals surface area contributed by atoms with Crippen LogP contribution in [0.3, 0.4) is 0 Å². The number of nitrogens with two attached hydrogens (primary N) is 1. The Hall–Kier alpha value is -5.84. The molecule has 0 spiro atoms. The number of rotatable bonds is 13. The SMILES string of the molecule is C=NCc1cccc2c1CCO2.C=NN(CC(=O)Nc1ccc(C(F)(F)F)cc1Cl)C(=O)/C(=C(/CC)NC)N1CCN(C(=O)C(=C)/C(O)=C(/C)N=CN)CC1. The molecule has 0 radical (unpaired) electrons. The number of ether oxygens (including phenoxy) is 1. The summed E-state index contributed by atoms with van der Waals surface area (Å²) in [5.74, 6) is -1.33. The molecule has 0 unspecified atom stereocenters. The van der Waals surface area contributed by atoms with E-state index in [2.05, 4.69) is 51.8 Å². The molecule has 0 atom stereocenters. The van der Waals surface area contributed by atoms with Crippen LogP contribution in [0.15, 0.2) is 86.5 Å². The van der Waals surface area contributed by atoms with Crippen LogP contribution >= 0.6 is 11.6 Å². The normalized spacial score (nSPS) is 14.7. The topological polar surface area (TPSA) is 178 Å². The number of anilines is 1. The first-order chi connectivity index (χ1) is 26.1. The van der Waals surface area contributed by atoms with Crippen molar-refractivity contribution in [2.24, 2.45) is 20.8 Å². The number of piperazine rings is 1. The summed E-state index contributed by atoms with van der Waals surface area (Å²) in [6.07, 6.45) is -2.21. The molecule has 296 valence electrons. The summed E-state index contributed by atoms with van der Waals surface area (Å²) in [5.41, 5.74) is 7.43. The number of benzene rings is 2. The molecule has 1 fully saturated rings. The number of allylic oxidation sites excluding steroid dienone is 2. The number of hydrogen-bond donors (Lipinski definition) is 4. The van der Waals surface area contributed by atoms with Gasteiger partial charge in [-0.3, -0.25) is 19.4 Å². The summed E-state index contributed by atoms with van der Waals surface area (Å²) in [6.45, 7) is 15.5. The van der Waals surface area contributed by atoms with E-state index in [1.807, 2.05) is 19.1 Å². The summed E-state index contributed by atoms with van der Waals surface area (Å²) < 4.78 is 44.2. The number of hydrazone groups is 1. The molecule has 0 saturated carbocycles. The molecule has 2 aliphatic rings. The highest BCUT2D eigenvalue weighted by molar-refractivity contribution is 6.33. The Morgan fingerprint density at radius 2 is 1.80 bits per heavy atom. The van der Waals surface area contributed by atoms with E-state index in [0.717, 1.165) is 42.3 Å². The third-order valence-electron chi connectivity index (χ3n) is 8.57. The fourth-order valence-electron chi connectivity index (χ4n) is 5.72. The lowest BCUT2D eigenvalue weighted by Gasteiger charge is -2.38. The van der Waals surface area contributed by atoms with Gasteiger partial charge in [-0.15, -0.1) is 0 Å². The summed E-state index contributed by atoms with van der Waals surface area (Å²) in [6, 6.07) is 8.56. The van der Waals surface area contributed by atoms with Gasteiger partial charge in [0.15, 0.2) is 0 Å². The Morgan fingerprint density at radius 1 is 1.13 bits per heavy atom. The van der Waals surface area contributed by atoms with Gasteiger partial charge in [-0.2, -0.15) is 18.3 Å². The van der Waals surface area contributed by atoms with Crippen LogP contribution in [-0.2, 0) is 33.5 Å². The van der Waals surface area contributed by atoms with Crippen LogP contribution in [0.2, 0.25) is 5.02 Å². The molecule has 3 amide bonds. The molecule has 55 heavy (non-hydrogen) atoms. The second-order valence-corrected chi connectivity index (χ2v) is 12.4. The van der Waals surface area contributed by atoms with Crippen molar-refractivity contribution in [2.45, 2.75) is 39.4 Å². The Kier molecular flexibility index (Phi) is 15.9. The molecule has 18 heteroatoms. The van der Waals surface area contributed by atoms with Gasteiger partial charge in [0.05, 0.1) is 47.0 Å². The van der Waals surface area contributed by atoms with Crippen molar-refractivity contribution < 1.29 is 37.4 Å². The number of aliphatic hydroxyl groups is 1. The van der Waals surface area contributed by atoms with Crippen molar-refractivity contribution in [1.82, 2.24) is 20.1 Å². The molecule has 0 aliphatic carbocycles. The van der Waals surface area contributed by atoms with Crippen molar-refractivity contribution in [2.75, 3.05) is 51.7 Å². The Balaban J connectivity index is 0.000000566. The van der Waals surface area contributed by atoms with Gasteiger partial charge >= 0.3 is 6.18 Å². The van der Waals surface area contributed by atoms with Crippen LogP contribution < -0.4 is 21.1 Å². The minimum absolute atomic E-state index is 0.0790. The maximum atomic E-state index is 13.7. The van der Waals surface area contributed by atoms with Crippen LogP contribution in [0.5, 0.6) is 5.75 Å². The van der Waals surface area contributed by atoms with Crippen LogP contribution in [0, 0.1) is 0 Å². The number of amides is 3. The third kappa shape index (κ3) is 11.3. The zero-order valence-electron chi connectivity index (χ0n) is 30.9. The number of aliphatic imine (C=N–C) groups is 2. The molecule has 5 N–H and O–H groups in total. The lowest BCUT2D eigenvalue weighted by molar-refractivity contribution is -0.137. The van der Waals surface area contributed by atoms with E-state index in [9.17, 15) is 32.7 Å². The van der Waals surface area contributed by atoms with Gasteiger partial charge in [-0.05, 0) is 49.9 Å². The number of nitrogens with zero attached hydrogens (tertiary/aromatic N) is 6. The average Bonchev–Trinajstić information content (AvgIpc) is 3.66. The summed E-state index contributed by atoms with van der Waals surface area (Å²) in [7, 11) is 1.63. The quantitative estimate of drug-likeness (QED) is 0.0555. The monoisotopic (exact) mass is 787 g/mol. The van der Waals surface area contributed by atoms with E-state index in [1.165, 1.54) is 23.0 Å². The maximum Gasteiger partial charge on any atom is 0.416 e. The van der Waals surface area contributed by atoms with Crippen molar-refractivity contribution in [3.05, 3.63) is 93.1 Å². The molecule has 1 saturated heterocycles. The molecular formula is C37H45ClF3N9O5. The average molecular weight is 788 g/mol. The van der Waals surface area contributed by atoms with Gasteiger partial charge in [0.2, 0.25) is 5.91 Å². The summed E-state index contributed by atoms with van der Waals surface area (Å²) >= 11 is 5.93. The fourth-order valence-corrected chi connectivity index (χ4v) is 5.95. The van der Waals surface area contributed by atoms with Crippen LogP contribution in [0.4, 0.5) is 18.9 Å². The van der Waals surface area contributed by atoms with Gasteiger partial charge in [-0.25, -0.2) is 10.0 Å². The van der Waals surface area contributed by atoms with Gasteiger partial charge < -0.3 is 36.0 Å². The predicted octanol–water partition coefficient (Wildman–Crippen LogP) is 4.88. The number of alkyl halides is 3. The summed E-state index contributed by atoms with van der Waals surface area (Å²) in [5, 5.41) is 19.8. The van der Waals surface area contributed by atoms with Crippen molar-refractivity contribution in [1.29, 1.82) is 0 Å². The molecule has 4 rings (SSSR count). The Bertz CT molecular complexity index is 1870. The van der Waals surface area contributed by atoms with E-state index in [0.29, 0.717) is 24.7 Å². The standard InChI is InChI=1S/C27H34ClF3N8O4.C10H11NO/c1-6-20(33-4)23(37-9-11-38(12-10-37)25(42)16(2)24(41)17(3)35-15-32)26(43)39(34-5)14-22(40)36-21-8-7-18(13-19(21)28)27(29,30)31;1-11-7-8-3-2-4-10-9(8)5-6-12-10/h7-8,13,15,33,41H,2,5-6,9-12,14H2,1,3-4H3,(H2,32,35)(H,36,40);2-4H,1,5-7H2/b23-20+,24-17+;. The zero-order chi connectivity index (χ0) is 40.9. The first kappa shape index (κ1) is 43.6. The second-order valence-electron chi connectivity index (χ2n) is 12.0. The number of hydrogen-bond acceptors (Lipinski definition) is 10. The number of carbonyl (C=O) groups excluding carboxylic acids is 3. The van der Waals surface area contributed by atoms with Crippen molar-refractivity contribution in [3.63, 3.8) is 0 Å². The maximum absolute atomic E-state index is 13.7. The highest BCUT2D eigenvalue weighted by Gasteiger charge is 2.33. The lowest BCUT2D eigenvalue weighted by atomic mass is 10.1. The first-order valence-corrected chi connectivity index (χ1v) is 17.4. The minimum Gasteiger partial charge on any atom is -0.505 e. The van der Waals surface area contributed by atoms with Crippen molar-refractivity contribution >= 4 is 54.8 Å². The molecule has 0 bridgehead atoms. The number of aliphatic hydroxyl groups excluding tert-OH is 1. The van der Waals surface area contributed by atoms with Gasteiger partial charge in [-0.1, -0.05) is 37.2 Å². The highest BCUT2D eigenvalue weighted by Crippen LogP contribution is 2.34. The predicted molar refractivity (Wildman–Crippen MR) is 207 cm³/mol. The Labute approximate surface area is 322 Å². The van der Waals surface area contributed by atoms with Crippen LogP contribution in [-0.4, -0.2) is 104 Å².